The second kappa shape index (κ2) is 9.31. The van der Waals surface area contributed by atoms with Gasteiger partial charge in [-0.1, -0.05) is 61.1 Å². The van der Waals surface area contributed by atoms with Crippen LogP contribution in [0.3, 0.4) is 0 Å². The van der Waals surface area contributed by atoms with Gasteiger partial charge in [-0.2, -0.15) is 4.57 Å². The maximum absolute atomic E-state index is 12.8. The van der Waals surface area contributed by atoms with Crippen molar-refractivity contribution in [3.05, 3.63) is 96.6 Å². The van der Waals surface area contributed by atoms with Gasteiger partial charge in [-0.05, 0) is 36.4 Å². The van der Waals surface area contributed by atoms with Crippen molar-refractivity contribution in [2.24, 2.45) is 0 Å². The molecule has 28 heavy (non-hydrogen) atoms. The molecule has 0 amide bonds. The van der Waals surface area contributed by atoms with Crippen molar-refractivity contribution in [3.63, 3.8) is 0 Å². The Morgan fingerprint density at radius 1 is 0.821 bits per heavy atom. The van der Waals surface area contributed by atoms with Gasteiger partial charge in [0.05, 0.1) is 16.5 Å². The standard InChI is InChI=1S/C21H14Br2Cl2NO2/c22-13-4-6-18(24)16(9-13)20(27)11-15-3-1-2-8-26(15)12-21(28)17-10-14(23)5-7-19(17)25/h1-10H,11-12H2/q+1. The molecule has 0 aliphatic carbocycles. The number of rotatable bonds is 6. The largest absolute Gasteiger partial charge is 0.293 e. The van der Waals surface area contributed by atoms with Gasteiger partial charge in [0.25, 0.3) is 0 Å². The monoisotopic (exact) mass is 540 g/mol. The fraction of sp³-hybridized carbons (Fsp3) is 0.0952. The number of nitrogens with zero attached hydrogens (tertiary/aromatic N) is 1. The number of ketones is 2. The van der Waals surface area contributed by atoms with Crippen LogP contribution >= 0.6 is 55.1 Å². The molecule has 0 fully saturated rings. The van der Waals surface area contributed by atoms with Gasteiger partial charge in [-0.25, -0.2) is 0 Å². The zero-order valence-corrected chi connectivity index (χ0v) is 19.1. The van der Waals surface area contributed by atoms with Gasteiger partial charge in [0, 0.05) is 32.2 Å². The van der Waals surface area contributed by atoms with Gasteiger partial charge in [0.15, 0.2) is 17.7 Å². The van der Waals surface area contributed by atoms with E-state index in [2.05, 4.69) is 31.9 Å². The molecule has 0 saturated heterocycles. The summed E-state index contributed by atoms with van der Waals surface area (Å²) < 4.78 is 3.31. The first-order chi connectivity index (χ1) is 13.3. The third-order valence-corrected chi connectivity index (χ3v) is 5.79. The first kappa shape index (κ1) is 21.2. The van der Waals surface area contributed by atoms with E-state index in [0.29, 0.717) is 26.9 Å². The lowest BCUT2D eigenvalue weighted by Crippen LogP contribution is -2.42. The molecule has 1 heterocycles. The first-order valence-electron chi connectivity index (χ1n) is 8.29. The van der Waals surface area contributed by atoms with Gasteiger partial charge in [-0.15, -0.1) is 0 Å². The maximum atomic E-state index is 12.8. The maximum Gasteiger partial charge on any atom is 0.229 e. The summed E-state index contributed by atoms with van der Waals surface area (Å²) in [6.07, 6.45) is 1.89. The Balaban J connectivity index is 1.85. The highest BCUT2D eigenvalue weighted by Crippen LogP contribution is 2.23. The van der Waals surface area contributed by atoms with Crippen LogP contribution in [0, 0.1) is 0 Å². The number of hydrogen-bond donors (Lipinski definition) is 0. The molecule has 3 rings (SSSR count). The summed E-state index contributed by atoms with van der Waals surface area (Å²) in [4.78, 5) is 25.5. The van der Waals surface area contributed by atoms with E-state index in [9.17, 15) is 9.59 Å². The molecular weight excluding hydrogens is 529 g/mol. The minimum Gasteiger partial charge on any atom is -0.293 e. The lowest BCUT2D eigenvalue weighted by molar-refractivity contribution is -0.690. The topological polar surface area (TPSA) is 38.0 Å². The highest BCUT2D eigenvalue weighted by molar-refractivity contribution is 9.10. The normalized spacial score (nSPS) is 10.7. The highest BCUT2D eigenvalue weighted by Gasteiger charge is 2.22. The van der Waals surface area contributed by atoms with E-state index in [-0.39, 0.29) is 24.5 Å². The summed E-state index contributed by atoms with van der Waals surface area (Å²) in [5, 5.41) is 0.788. The fourth-order valence-electron chi connectivity index (χ4n) is 2.75. The smallest absolute Gasteiger partial charge is 0.229 e. The van der Waals surface area contributed by atoms with Crippen molar-refractivity contribution in [3.8, 4) is 0 Å². The summed E-state index contributed by atoms with van der Waals surface area (Å²) in [6, 6.07) is 15.8. The Bertz CT molecular complexity index is 986. The van der Waals surface area contributed by atoms with E-state index < -0.39 is 0 Å². The molecule has 3 aromatic rings. The molecule has 0 radical (unpaired) electrons. The molecule has 7 heteroatoms. The molecule has 0 unspecified atom stereocenters. The average molecular weight is 543 g/mol. The van der Waals surface area contributed by atoms with Crippen LogP contribution in [0.4, 0.5) is 0 Å². The van der Waals surface area contributed by atoms with Crippen LogP contribution in [-0.2, 0) is 13.0 Å². The Morgan fingerprint density at radius 3 is 2.00 bits per heavy atom. The molecule has 2 aromatic carbocycles. The summed E-state index contributed by atoms with van der Waals surface area (Å²) >= 11 is 19.1. The number of halogens is 4. The van der Waals surface area contributed by atoms with E-state index in [0.717, 1.165) is 8.95 Å². The molecule has 0 atom stereocenters. The second-order valence-electron chi connectivity index (χ2n) is 6.09. The number of benzene rings is 2. The summed E-state index contributed by atoms with van der Waals surface area (Å²) in [5.74, 6) is -0.268. The summed E-state index contributed by atoms with van der Waals surface area (Å²) in [5.41, 5.74) is 1.58. The molecular formula is C21H14Br2Cl2NO2+. The number of Topliss-reactive ketones (excluding diaryl/α,β-unsaturated/α-hetero) is 2. The van der Waals surface area contributed by atoms with E-state index in [1.807, 2.05) is 18.2 Å². The van der Waals surface area contributed by atoms with Gasteiger partial charge in [0.2, 0.25) is 12.3 Å². The Labute approximate surface area is 189 Å². The van der Waals surface area contributed by atoms with Gasteiger partial charge < -0.3 is 0 Å². The van der Waals surface area contributed by atoms with E-state index in [1.165, 1.54) is 0 Å². The molecule has 0 aliphatic rings. The number of pyridine rings is 1. The zero-order chi connectivity index (χ0) is 20.3. The van der Waals surface area contributed by atoms with Crippen LogP contribution in [0.15, 0.2) is 69.7 Å². The minimum atomic E-state index is -0.142. The molecule has 3 nitrogen and oxygen atoms in total. The highest BCUT2D eigenvalue weighted by atomic mass is 79.9. The third kappa shape index (κ3) is 5.09. The molecule has 0 aliphatic heterocycles. The Morgan fingerprint density at radius 2 is 1.39 bits per heavy atom. The van der Waals surface area contributed by atoms with Gasteiger partial charge >= 0.3 is 0 Å². The zero-order valence-electron chi connectivity index (χ0n) is 14.5. The van der Waals surface area contributed by atoms with Crippen molar-refractivity contribution in [1.29, 1.82) is 0 Å². The third-order valence-electron chi connectivity index (χ3n) is 4.15. The second-order valence-corrected chi connectivity index (χ2v) is 8.74. The Kier molecular flexibility index (Phi) is 7.05. The van der Waals surface area contributed by atoms with E-state index in [4.69, 9.17) is 23.2 Å². The number of aromatic nitrogens is 1. The van der Waals surface area contributed by atoms with Crippen LogP contribution in [0.5, 0.6) is 0 Å². The number of carbonyl (C=O) groups is 2. The van der Waals surface area contributed by atoms with Crippen molar-refractivity contribution < 1.29 is 14.2 Å². The van der Waals surface area contributed by atoms with Crippen molar-refractivity contribution in [1.82, 2.24) is 0 Å². The molecule has 0 N–H and O–H groups in total. The van der Waals surface area contributed by atoms with Crippen LogP contribution in [0.2, 0.25) is 10.0 Å². The van der Waals surface area contributed by atoms with Gasteiger partial charge in [0.1, 0.15) is 0 Å². The SMILES string of the molecule is O=C(Cc1cccc[n+]1CC(=O)c1cc(Br)ccc1Cl)c1cc(Br)ccc1Cl. The van der Waals surface area contributed by atoms with Crippen LogP contribution in [0.25, 0.3) is 0 Å². The lowest BCUT2D eigenvalue weighted by atomic mass is 10.1. The molecule has 1 aromatic heterocycles. The average Bonchev–Trinajstić information content (AvgIpc) is 2.67. The van der Waals surface area contributed by atoms with E-state index in [1.54, 1.807) is 47.2 Å². The summed E-state index contributed by atoms with van der Waals surface area (Å²) in [6.45, 7) is 0.0752. The summed E-state index contributed by atoms with van der Waals surface area (Å²) in [7, 11) is 0. The molecule has 0 saturated carbocycles. The van der Waals surface area contributed by atoms with Crippen molar-refractivity contribution in [2.45, 2.75) is 13.0 Å². The number of hydrogen-bond acceptors (Lipinski definition) is 2. The van der Waals surface area contributed by atoms with Gasteiger partial charge in [-0.3, -0.25) is 9.59 Å². The quantitative estimate of drug-likeness (QED) is 0.278. The lowest BCUT2D eigenvalue weighted by Gasteiger charge is -2.07. The van der Waals surface area contributed by atoms with Crippen LogP contribution < -0.4 is 4.57 Å². The fourth-order valence-corrected chi connectivity index (χ4v) is 3.92. The number of carbonyl (C=O) groups excluding carboxylic acids is 2. The van der Waals surface area contributed by atoms with Crippen molar-refractivity contribution in [2.75, 3.05) is 0 Å². The first-order valence-corrected chi connectivity index (χ1v) is 10.6. The Hall–Kier alpha value is -1.53. The van der Waals surface area contributed by atoms with E-state index >= 15 is 0 Å². The van der Waals surface area contributed by atoms with Crippen LogP contribution in [-0.4, -0.2) is 11.6 Å². The predicted molar refractivity (Wildman–Crippen MR) is 117 cm³/mol. The molecule has 142 valence electrons. The predicted octanol–water partition coefficient (Wildman–Crippen LogP) is 6.11. The minimum absolute atomic E-state index is 0.0752. The van der Waals surface area contributed by atoms with Crippen LogP contribution in [0.1, 0.15) is 26.4 Å². The van der Waals surface area contributed by atoms with Crippen molar-refractivity contribution >= 4 is 66.6 Å². The molecule has 0 bridgehead atoms. The molecule has 0 spiro atoms.